The Hall–Kier alpha value is -2.94. The molecular weight excluding hydrogens is 346 g/mol. The number of benzene rings is 1. The van der Waals surface area contributed by atoms with Crippen molar-refractivity contribution < 1.29 is 18.0 Å². The molecule has 0 unspecified atom stereocenters. The van der Waals surface area contributed by atoms with Gasteiger partial charge in [-0.05, 0) is 32.0 Å². The van der Waals surface area contributed by atoms with E-state index in [1.54, 1.807) is 13.8 Å². The third kappa shape index (κ3) is 2.52. The summed E-state index contributed by atoms with van der Waals surface area (Å²) in [4.78, 5) is 36.0. The number of fused-ring (bicyclic) bond motifs is 1. The monoisotopic (exact) mass is 361 g/mol. The van der Waals surface area contributed by atoms with Crippen LogP contribution < -0.4 is 16.6 Å². The maximum atomic E-state index is 12.4. The molecule has 8 nitrogen and oxygen atoms in total. The van der Waals surface area contributed by atoms with Crippen LogP contribution in [-0.2, 0) is 9.84 Å². The normalized spacial score (nSPS) is 13.9. The Balaban J connectivity index is 2.27. The summed E-state index contributed by atoms with van der Waals surface area (Å²) in [6.07, 6.45) is 0. The van der Waals surface area contributed by atoms with Crippen LogP contribution in [0.1, 0.15) is 34.6 Å². The number of nitrogens with zero attached hydrogens (tertiary/aromatic N) is 1. The number of nitrogen functional groups attached to an aromatic ring is 1. The summed E-state index contributed by atoms with van der Waals surface area (Å²) in [5.74, 6) is -1.60. The number of pyridine rings is 1. The summed E-state index contributed by atoms with van der Waals surface area (Å²) in [7, 11) is -3.55. The number of imide groups is 1. The van der Waals surface area contributed by atoms with Crippen LogP contribution in [0.5, 0.6) is 0 Å². The fraction of sp³-hybridized carbons (Fsp3) is 0.188. The zero-order chi connectivity index (χ0) is 18.5. The molecule has 1 aliphatic heterocycles. The molecule has 2 heterocycles. The Morgan fingerprint density at radius 2 is 1.76 bits per heavy atom. The first-order valence-electron chi connectivity index (χ1n) is 7.40. The molecule has 25 heavy (non-hydrogen) atoms. The van der Waals surface area contributed by atoms with Gasteiger partial charge in [0.15, 0.2) is 9.84 Å². The lowest BCUT2D eigenvalue weighted by atomic mass is 10.1. The van der Waals surface area contributed by atoms with Gasteiger partial charge >= 0.3 is 0 Å². The van der Waals surface area contributed by atoms with Gasteiger partial charge < -0.3 is 5.73 Å². The van der Waals surface area contributed by atoms with E-state index in [1.807, 2.05) is 0 Å². The summed E-state index contributed by atoms with van der Waals surface area (Å²) in [5.41, 5.74) is 5.31. The average molecular weight is 361 g/mol. The zero-order valence-corrected chi connectivity index (χ0v) is 14.3. The molecule has 9 heteroatoms. The molecule has 0 saturated carbocycles. The molecular formula is C16H15N3O5S. The minimum atomic E-state index is -3.55. The molecule has 2 aromatic rings. The lowest BCUT2D eigenvalue weighted by Gasteiger charge is -2.14. The van der Waals surface area contributed by atoms with E-state index in [-0.39, 0.29) is 27.5 Å². The predicted octanol–water partition coefficient (Wildman–Crippen LogP) is 0.485. The number of aromatic nitrogens is 1. The number of carbonyl (C=O) groups excluding carboxylic acids is 2. The van der Waals surface area contributed by atoms with Crippen molar-refractivity contribution in [2.45, 2.75) is 24.0 Å². The highest BCUT2D eigenvalue weighted by Gasteiger charge is 2.32. The number of carbonyl (C=O) groups is 2. The quantitative estimate of drug-likeness (QED) is 0.766. The highest BCUT2D eigenvalue weighted by molar-refractivity contribution is 7.92. The van der Waals surface area contributed by atoms with E-state index in [9.17, 15) is 22.8 Å². The summed E-state index contributed by atoms with van der Waals surface area (Å²) in [6.45, 7) is 3.10. The molecule has 1 aliphatic rings. The minimum Gasteiger partial charge on any atom is -0.384 e. The predicted molar refractivity (Wildman–Crippen MR) is 90.6 cm³/mol. The smallest absolute Gasteiger partial charge is 0.262 e. The van der Waals surface area contributed by atoms with E-state index in [4.69, 9.17) is 5.73 Å². The van der Waals surface area contributed by atoms with Crippen LogP contribution in [0.25, 0.3) is 5.69 Å². The number of sulfone groups is 1. The van der Waals surface area contributed by atoms with Crippen molar-refractivity contribution in [2.24, 2.45) is 0 Å². The van der Waals surface area contributed by atoms with Gasteiger partial charge in [-0.3, -0.25) is 24.3 Å². The Morgan fingerprint density at radius 1 is 1.08 bits per heavy atom. The van der Waals surface area contributed by atoms with E-state index in [0.717, 1.165) is 10.6 Å². The molecule has 0 fully saturated rings. The van der Waals surface area contributed by atoms with Gasteiger partial charge in [-0.2, -0.15) is 0 Å². The van der Waals surface area contributed by atoms with Crippen LogP contribution in [0, 0.1) is 0 Å². The van der Waals surface area contributed by atoms with Crippen LogP contribution in [0.15, 0.2) is 40.0 Å². The lowest BCUT2D eigenvalue weighted by Crippen LogP contribution is -2.24. The second-order valence-electron chi connectivity index (χ2n) is 5.87. The van der Waals surface area contributed by atoms with E-state index >= 15 is 0 Å². The van der Waals surface area contributed by atoms with E-state index in [0.29, 0.717) is 0 Å². The molecule has 3 N–H and O–H groups in total. The van der Waals surface area contributed by atoms with Gasteiger partial charge in [0.05, 0.1) is 27.0 Å². The first kappa shape index (κ1) is 16.9. The maximum absolute atomic E-state index is 12.4. The molecule has 0 aliphatic carbocycles. The molecule has 1 aromatic heterocycles. The summed E-state index contributed by atoms with van der Waals surface area (Å²) >= 11 is 0. The van der Waals surface area contributed by atoms with Crippen LogP contribution in [-0.4, -0.2) is 30.0 Å². The Kier molecular flexibility index (Phi) is 3.76. The lowest BCUT2D eigenvalue weighted by molar-refractivity contribution is 0.0880. The first-order valence-corrected chi connectivity index (χ1v) is 8.94. The molecule has 0 atom stereocenters. The van der Waals surface area contributed by atoms with E-state index in [2.05, 4.69) is 5.32 Å². The molecule has 3 rings (SSSR count). The van der Waals surface area contributed by atoms with Crippen molar-refractivity contribution in [1.29, 1.82) is 0 Å². The van der Waals surface area contributed by atoms with Crippen LogP contribution in [0.3, 0.4) is 0 Å². The molecule has 0 radical (unpaired) electrons. The van der Waals surface area contributed by atoms with E-state index in [1.165, 1.54) is 24.3 Å². The van der Waals surface area contributed by atoms with E-state index < -0.39 is 32.5 Å². The number of amides is 2. The number of hydrogen-bond acceptors (Lipinski definition) is 6. The Bertz CT molecular complexity index is 1080. The van der Waals surface area contributed by atoms with Crippen LogP contribution in [0.2, 0.25) is 0 Å². The number of rotatable bonds is 3. The maximum Gasteiger partial charge on any atom is 0.262 e. The first-order chi connectivity index (χ1) is 11.6. The van der Waals surface area contributed by atoms with Gasteiger partial charge in [0.2, 0.25) is 0 Å². The second kappa shape index (κ2) is 5.55. The summed E-state index contributed by atoms with van der Waals surface area (Å²) in [6, 6.07) is 6.72. The van der Waals surface area contributed by atoms with Gasteiger partial charge in [0, 0.05) is 6.07 Å². The van der Waals surface area contributed by atoms with Gasteiger partial charge in [-0.1, -0.05) is 6.07 Å². The van der Waals surface area contributed by atoms with Crippen LogP contribution in [0.4, 0.5) is 5.82 Å². The Morgan fingerprint density at radius 3 is 2.40 bits per heavy atom. The number of nitrogens with two attached hydrogens (primary N) is 1. The van der Waals surface area contributed by atoms with Crippen molar-refractivity contribution >= 4 is 27.5 Å². The standard InChI is InChI=1S/C16H15N3O5S/c1-8(2)25(23,24)10-5-3-4-9(6-10)19-12(20)7-11-13(14(19)17)16(22)18-15(11)21/h3-8H,17H2,1-2H3,(H,18,21,22). The molecule has 2 amide bonds. The van der Waals surface area contributed by atoms with Gasteiger partial charge in [-0.25, -0.2) is 8.42 Å². The molecule has 1 aromatic carbocycles. The average Bonchev–Trinajstić information content (AvgIpc) is 2.81. The van der Waals surface area contributed by atoms with Crippen molar-refractivity contribution in [1.82, 2.24) is 9.88 Å². The number of hydrogen-bond donors (Lipinski definition) is 2. The fourth-order valence-electron chi connectivity index (χ4n) is 2.62. The highest BCUT2D eigenvalue weighted by Crippen LogP contribution is 2.24. The van der Waals surface area contributed by atoms with Gasteiger partial charge in [-0.15, -0.1) is 0 Å². The fourth-order valence-corrected chi connectivity index (χ4v) is 3.72. The Labute approximate surface area is 143 Å². The number of nitrogens with one attached hydrogen (secondary N) is 1. The second-order valence-corrected chi connectivity index (χ2v) is 8.37. The van der Waals surface area contributed by atoms with Crippen molar-refractivity contribution in [2.75, 3.05) is 5.73 Å². The summed E-state index contributed by atoms with van der Waals surface area (Å²) in [5, 5.41) is 1.43. The zero-order valence-electron chi connectivity index (χ0n) is 13.4. The van der Waals surface area contributed by atoms with Gasteiger partial charge in [0.25, 0.3) is 17.4 Å². The molecule has 0 saturated heterocycles. The van der Waals surface area contributed by atoms with Gasteiger partial charge in [0.1, 0.15) is 5.82 Å². The third-order valence-electron chi connectivity index (χ3n) is 3.98. The SMILES string of the molecule is CC(C)S(=O)(=O)c1cccc(-n2c(N)c3c(cc2=O)C(=O)NC3=O)c1. The topological polar surface area (TPSA) is 128 Å². The van der Waals surface area contributed by atoms with Crippen molar-refractivity contribution in [3.05, 3.63) is 51.8 Å². The largest absolute Gasteiger partial charge is 0.384 e. The third-order valence-corrected chi connectivity index (χ3v) is 6.13. The van der Waals surface area contributed by atoms with Crippen molar-refractivity contribution in [3.63, 3.8) is 0 Å². The minimum absolute atomic E-state index is 0.0346. The van der Waals surface area contributed by atoms with Crippen LogP contribution >= 0.6 is 0 Å². The molecule has 0 bridgehead atoms. The van der Waals surface area contributed by atoms with Crippen molar-refractivity contribution in [3.8, 4) is 5.69 Å². The molecule has 130 valence electrons. The molecule has 0 spiro atoms. The number of anilines is 1. The summed E-state index contributed by atoms with van der Waals surface area (Å²) < 4.78 is 25.7. The highest BCUT2D eigenvalue weighted by atomic mass is 32.2.